The summed E-state index contributed by atoms with van der Waals surface area (Å²) in [4.78, 5) is -0.259. The number of sulfonamides is 1. The van der Waals surface area contributed by atoms with E-state index < -0.39 is 15.8 Å². The van der Waals surface area contributed by atoms with E-state index in [1.807, 2.05) is 0 Å². The first-order chi connectivity index (χ1) is 8.98. The standard InChI is InChI=1S/C12H16BrFN2O2S.ClH/c1-15-8-9-4-3-7-16(9)19(17,18)11-6-2-5-10(13)12(11)14;/h2,5-6,9,15H,3-4,7-8H2,1H3;1H. The molecule has 114 valence electrons. The van der Waals surface area contributed by atoms with Crippen molar-refractivity contribution in [1.82, 2.24) is 9.62 Å². The van der Waals surface area contributed by atoms with Gasteiger partial charge in [-0.25, -0.2) is 12.8 Å². The number of likely N-dealkylation sites (N-methyl/N-ethyl adjacent to an activating group) is 1. The molecule has 8 heteroatoms. The van der Waals surface area contributed by atoms with Crippen LogP contribution in [0.3, 0.4) is 0 Å². The highest BCUT2D eigenvalue weighted by atomic mass is 79.9. The first-order valence-corrected chi connectivity index (χ1v) is 8.32. The highest BCUT2D eigenvalue weighted by molar-refractivity contribution is 9.10. The van der Waals surface area contributed by atoms with E-state index in [1.54, 1.807) is 7.05 Å². The smallest absolute Gasteiger partial charge is 0.246 e. The topological polar surface area (TPSA) is 49.4 Å². The monoisotopic (exact) mass is 386 g/mol. The highest BCUT2D eigenvalue weighted by Gasteiger charge is 2.36. The van der Waals surface area contributed by atoms with Crippen LogP contribution in [0.25, 0.3) is 0 Å². The van der Waals surface area contributed by atoms with Crippen molar-refractivity contribution in [3.8, 4) is 0 Å². The second-order valence-corrected chi connectivity index (χ2v) is 7.23. The Morgan fingerprint density at radius 2 is 2.20 bits per heavy atom. The third kappa shape index (κ3) is 3.33. The SMILES string of the molecule is CNCC1CCCN1S(=O)(=O)c1cccc(Br)c1F.Cl. The molecule has 1 atom stereocenters. The molecule has 0 aromatic heterocycles. The minimum absolute atomic E-state index is 0. The van der Waals surface area contributed by atoms with Crippen LogP contribution < -0.4 is 5.32 Å². The van der Waals surface area contributed by atoms with Crippen LogP contribution in [0.15, 0.2) is 27.6 Å². The minimum atomic E-state index is -3.77. The second-order valence-electron chi connectivity index (χ2n) is 4.52. The summed E-state index contributed by atoms with van der Waals surface area (Å²) in [7, 11) is -1.99. The zero-order valence-electron chi connectivity index (χ0n) is 11.0. The van der Waals surface area contributed by atoms with Crippen LogP contribution in [0.2, 0.25) is 0 Å². The van der Waals surface area contributed by atoms with Crippen LogP contribution in [-0.4, -0.2) is 38.9 Å². The van der Waals surface area contributed by atoms with E-state index in [9.17, 15) is 12.8 Å². The molecule has 0 aliphatic carbocycles. The average molecular weight is 388 g/mol. The molecule has 1 aromatic rings. The van der Waals surface area contributed by atoms with E-state index in [2.05, 4.69) is 21.2 Å². The molecule has 1 aliphatic rings. The number of halogens is 3. The van der Waals surface area contributed by atoms with Gasteiger partial charge in [-0.05, 0) is 48.0 Å². The lowest BCUT2D eigenvalue weighted by molar-refractivity contribution is 0.376. The van der Waals surface area contributed by atoms with E-state index >= 15 is 0 Å². The number of rotatable bonds is 4. The maximum absolute atomic E-state index is 14.0. The maximum atomic E-state index is 14.0. The highest BCUT2D eigenvalue weighted by Crippen LogP contribution is 2.29. The molecule has 1 unspecified atom stereocenters. The van der Waals surface area contributed by atoms with Gasteiger partial charge in [0.25, 0.3) is 0 Å². The van der Waals surface area contributed by atoms with Crippen molar-refractivity contribution in [3.05, 3.63) is 28.5 Å². The van der Waals surface area contributed by atoms with Gasteiger partial charge in [-0.1, -0.05) is 6.07 Å². The molecule has 0 radical (unpaired) electrons. The zero-order valence-corrected chi connectivity index (χ0v) is 14.2. The number of nitrogens with one attached hydrogen (secondary N) is 1. The van der Waals surface area contributed by atoms with E-state index in [-0.39, 0.29) is 27.8 Å². The summed E-state index contributed by atoms with van der Waals surface area (Å²) in [5, 5.41) is 2.98. The molecular formula is C12H17BrClFN2O2S. The summed E-state index contributed by atoms with van der Waals surface area (Å²) in [5.74, 6) is -0.724. The predicted octanol–water partition coefficient (Wildman–Crippen LogP) is 2.38. The van der Waals surface area contributed by atoms with Crippen molar-refractivity contribution in [3.63, 3.8) is 0 Å². The molecule has 0 bridgehead atoms. The normalized spacial score (nSPS) is 19.9. The van der Waals surface area contributed by atoms with Crippen LogP contribution in [0.4, 0.5) is 4.39 Å². The average Bonchev–Trinajstić information content (AvgIpc) is 2.82. The van der Waals surface area contributed by atoms with Crippen LogP contribution in [0.1, 0.15) is 12.8 Å². The first-order valence-electron chi connectivity index (χ1n) is 6.09. The summed E-state index contributed by atoms with van der Waals surface area (Å²) in [5.41, 5.74) is 0. The Morgan fingerprint density at radius 1 is 1.50 bits per heavy atom. The summed E-state index contributed by atoms with van der Waals surface area (Å²) in [6, 6.07) is 4.23. The van der Waals surface area contributed by atoms with Gasteiger partial charge in [-0.2, -0.15) is 4.31 Å². The molecule has 4 nitrogen and oxygen atoms in total. The van der Waals surface area contributed by atoms with Crippen LogP contribution >= 0.6 is 28.3 Å². The van der Waals surface area contributed by atoms with E-state index in [0.29, 0.717) is 13.1 Å². The van der Waals surface area contributed by atoms with Crippen LogP contribution in [0.5, 0.6) is 0 Å². The third-order valence-corrected chi connectivity index (χ3v) is 5.85. The van der Waals surface area contributed by atoms with Gasteiger partial charge in [0, 0.05) is 19.1 Å². The van der Waals surface area contributed by atoms with E-state index in [1.165, 1.54) is 22.5 Å². The summed E-state index contributed by atoms with van der Waals surface area (Å²) < 4.78 is 40.6. The van der Waals surface area contributed by atoms with Gasteiger partial charge in [0.1, 0.15) is 4.90 Å². The summed E-state index contributed by atoms with van der Waals surface area (Å²) in [6.45, 7) is 1.02. The van der Waals surface area contributed by atoms with Gasteiger partial charge in [-0.15, -0.1) is 12.4 Å². The van der Waals surface area contributed by atoms with Gasteiger partial charge in [0.15, 0.2) is 5.82 Å². The molecule has 1 aromatic carbocycles. The molecule has 0 amide bonds. The fourth-order valence-electron chi connectivity index (χ4n) is 2.37. The van der Waals surface area contributed by atoms with Crippen LogP contribution in [-0.2, 0) is 10.0 Å². The number of hydrogen-bond acceptors (Lipinski definition) is 3. The third-order valence-electron chi connectivity index (χ3n) is 3.27. The number of nitrogens with zero attached hydrogens (tertiary/aromatic N) is 1. The predicted molar refractivity (Wildman–Crippen MR) is 82.2 cm³/mol. The van der Waals surface area contributed by atoms with Gasteiger partial charge in [-0.3, -0.25) is 0 Å². The zero-order chi connectivity index (χ0) is 14.0. The van der Waals surface area contributed by atoms with Crippen molar-refractivity contribution in [2.24, 2.45) is 0 Å². The number of hydrogen-bond donors (Lipinski definition) is 1. The van der Waals surface area contributed by atoms with Crippen molar-refractivity contribution in [2.45, 2.75) is 23.8 Å². The molecule has 1 heterocycles. The molecule has 0 saturated carbocycles. The van der Waals surface area contributed by atoms with Crippen molar-refractivity contribution in [2.75, 3.05) is 20.1 Å². The minimum Gasteiger partial charge on any atom is -0.318 e. The molecule has 1 fully saturated rings. The van der Waals surface area contributed by atoms with Gasteiger partial charge >= 0.3 is 0 Å². The molecule has 20 heavy (non-hydrogen) atoms. The molecule has 1 aliphatic heterocycles. The number of benzene rings is 1. The lowest BCUT2D eigenvalue weighted by Crippen LogP contribution is -2.41. The van der Waals surface area contributed by atoms with E-state index in [4.69, 9.17) is 0 Å². The van der Waals surface area contributed by atoms with Crippen molar-refractivity contribution >= 4 is 38.4 Å². The van der Waals surface area contributed by atoms with E-state index in [0.717, 1.165) is 12.8 Å². The van der Waals surface area contributed by atoms with Gasteiger partial charge < -0.3 is 5.32 Å². The second kappa shape index (κ2) is 7.17. The molecule has 1 saturated heterocycles. The van der Waals surface area contributed by atoms with Gasteiger partial charge in [0.2, 0.25) is 10.0 Å². The Morgan fingerprint density at radius 3 is 2.85 bits per heavy atom. The van der Waals surface area contributed by atoms with Crippen molar-refractivity contribution < 1.29 is 12.8 Å². The summed E-state index contributed by atoms with van der Waals surface area (Å²) in [6.07, 6.45) is 1.61. The quantitative estimate of drug-likeness (QED) is 0.863. The van der Waals surface area contributed by atoms with Crippen molar-refractivity contribution in [1.29, 1.82) is 0 Å². The fraction of sp³-hybridized carbons (Fsp3) is 0.500. The summed E-state index contributed by atoms with van der Waals surface area (Å²) >= 11 is 3.02. The Bertz CT molecular complexity index is 571. The van der Waals surface area contributed by atoms with Crippen LogP contribution in [0, 0.1) is 5.82 Å². The molecule has 0 spiro atoms. The van der Waals surface area contributed by atoms with Gasteiger partial charge in [0.05, 0.1) is 4.47 Å². The Hall–Kier alpha value is -0.210. The molecular weight excluding hydrogens is 371 g/mol. The Kier molecular flexibility index (Phi) is 6.40. The molecule has 1 N–H and O–H groups in total. The maximum Gasteiger partial charge on any atom is 0.246 e. The fourth-order valence-corrected chi connectivity index (χ4v) is 4.65. The Balaban J connectivity index is 0.00000200. The first kappa shape index (κ1) is 17.8. The lowest BCUT2D eigenvalue weighted by atomic mass is 10.2. The lowest BCUT2D eigenvalue weighted by Gasteiger charge is -2.24. The Labute approximate surface area is 133 Å². The largest absolute Gasteiger partial charge is 0.318 e. The molecule has 2 rings (SSSR count).